The second-order valence-electron chi connectivity index (χ2n) is 3.43. The first-order valence-electron chi connectivity index (χ1n) is 5.07. The van der Waals surface area contributed by atoms with Crippen LogP contribution >= 0.6 is 15.9 Å². The van der Waals surface area contributed by atoms with Crippen LogP contribution < -0.4 is 9.47 Å². The van der Waals surface area contributed by atoms with Gasteiger partial charge in [-0.3, -0.25) is 0 Å². The van der Waals surface area contributed by atoms with Crippen molar-refractivity contribution in [3.05, 3.63) is 28.5 Å². The summed E-state index contributed by atoms with van der Waals surface area (Å²) in [4.78, 5) is 7.16. The first kappa shape index (κ1) is 12.5. The fraction of sp³-hybridized carbons (Fsp3) is 0.167. The van der Waals surface area contributed by atoms with E-state index in [0.717, 1.165) is 5.56 Å². The van der Waals surface area contributed by atoms with Crippen LogP contribution in [0, 0.1) is 11.3 Å². The lowest BCUT2D eigenvalue weighted by molar-refractivity contribution is 0.355. The molecule has 2 rings (SSSR count). The lowest BCUT2D eigenvalue weighted by Gasteiger charge is -2.08. The molecule has 0 aliphatic carbocycles. The number of aromatic amines is 1. The number of aromatic nitrogens is 2. The number of imidazole rings is 1. The van der Waals surface area contributed by atoms with E-state index in [1.807, 2.05) is 12.1 Å². The Morgan fingerprint density at radius 3 is 2.56 bits per heavy atom. The molecule has 6 heteroatoms. The third-order valence-corrected chi connectivity index (χ3v) is 3.00. The molecule has 2 aromatic rings. The minimum Gasteiger partial charge on any atom is -0.493 e. The summed E-state index contributed by atoms with van der Waals surface area (Å²) >= 11 is 3.24. The highest BCUT2D eigenvalue weighted by atomic mass is 79.9. The third-order valence-electron chi connectivity index (χ3n) is 2.42. The lowest BCUT2D eigenvalue weighted by Crippen LogP contribution is -1.91. The zero-order valence-electron chi connectivity index (χ0n) is 9.82. The molecule has 5 nitrogen and oxygen atoms in total. The van der Waals surface area contributed by atoms with Gasteiger partial charge in [0.05, 0.1) is 14.2 Å². The van der Waals surface area contributed by atoms with Crippen LogP contribution in [0.25, 0.3) is 11.4 Å². The van der Waals surface area contributed by atoms with E-state index in [1.165, 1.54) is 0 Å². The number of nitrogens with zero attached hydrogens (tertiary/aromatic N) is 2. The maximum Gasteiger partial charge on any atom is 0.173 e. The molecule has 1 aromatic carbocycles. The van der Waals surface area contributed by atoms with Gasteiger partial charge in [0, 0.05) is 5.56 Å². The van der Waals surface area contributed by atoms with Gasteiger partial charge in [-0.1, -0.05) is 0 Å². The monoisotopic (exact) mass is 307 g/mol. The second-order valence-corrected chi connectivity index (χ2v) is 4.22. The van der Waals surface area contributed by atoms with E-state index in [2.05, 4.69) is 25.9 Å². The molecule has 0 spiro atoms. The lowest BCUT2D eigenvalue weighted by atomic mass is 10.2. The molecule has 1 heterocycles. The van der Waals surface area contributed by atoms with Crippen molar-refractivity contribution in [2.24, 2.45) is 0 Å². The van der Waals surface area contributed by atoms with E-state index < -0.39 is 0 Å². The molecule has 0 unspecified atom stereocenters. The van der Waals surface area contributed by atoms with E-state index in [-0.39, 0.29) is 0 Å². The molecule has 0 aliphatic heterocycles. The highest BCUT2D eigenvalue weighted by molar-refractivity contribution is 9.10. The van der Waals surface area contributed by atoms with Crippen LogP contribution in [0.2, 0.25) is 0 Å². The summed E-state index contributed by atoms with van der Waals surface area (Å²) in [5.41, 5.74) is 1.13. The molecule has 0 radical (unpaired) electrons. The number of hydrogen-bond donors (Lipinski definition) is 1. The maximum atomic E-state index is 8.85. The molecule has 18 heavy (non-hydrogen) atoms. The van der Waals surface area contributed by atoms with Gasteiger partial charge in [-0.05, 0) is 34.1 Å². The number of halogens is 1. The average Bonchev–Trinajstić information content (AvgIpc) is 2.79. The first-order chi connectivity index (χ1) is 8.69. The Morgan fingerprint density at radius 1 is 1.28 bits per heavy atom. The highest BCUT2D eigenvalue weighted by Gasteiger charge is 2.11. The van der Waals surface area contributed by atoms with Crippen molar-refractivity contribution in [1.82, 2.24) is 9.97 Å². The SMILES string of the molecule is COc1ccc(-c2nc(C#N)c(Br)[nH]2)cc1OC. The zero-order chi connectivity index (χ0) is 13.1. The summed E-state index contributed by atoms with van der Waals surface area (Å²) in [5, 5.41) is 8.85. The summed E-state index contributed by atoms with van der Waals surface area (Å²) in [5.74, 6) is 1.85. The second kappa shape index (κ2) is 5.10. The number of ether oxygens (including phenoxy) is 2. The normalized spacial score (nSPS) is 9.89. The molecule has 0 saturated heterocycles. The fourth-order valence-corrected chi connectivity index (χ4v) is 1.91. The third kappa shape index (κ3) is 2.17. The Morgan fingerprint density at radius 2 is 2.00 bits per heavy atom. The van der Waals surface area contributed by atoms with Gasteiger partial charge < -0.3 is 14.5 Å². The topological polar surface area (TPSA) is 70.9 Å². The molecule has 0 fully saturated rings. The van der Waals surface area contributed by atoms with Crippen molar-refractivity contribution in [3.8, 4) is 29.0 Å². The Hall–Kier alpha value is -2.00. The predicted molar refractivity (Wildman–Crippen MR) is 69.5 cm³/mol. The Kier molecular flexibility index (Phi) is 3.53. The van der Waals surface area contributed by atoms with E-state index in [0.29, 0.717) is 27.6 Å². The van der Waals surface area contributed by atoms with Gasteiger partial charge in [0.25, 0.3) is 0 Å². The number of H-pyrrole nitrogens is 1. The maximum absolute atomic E-state index is 8.85. The molecule has 0 atom stereocenters. The van der Waals surface area contributed by atoms with Gasteiger partial charge in [0.15, 0.2) is 17.2 Å². The molecule has 0 aliphatic rings. The molecule has 1 aromatic heterocycles. The average molecular weight is 308 g/mol. The van der Waals surface area contributed by atoms with Gasteiger partial charge in [-0.2, -0.15) is 5.26 Å². The Bertz CT molecular complexity index is 616. The molecule has 0 bridgehead atoms. The summed E-state index contributed by atoms with van der Waals surface area (Å²) in [7, 11) is 3.15. The molecular formula is C12H10BrN3O2. The van der Waals surface area contributed by atoms with Gasteiger partial charge in [-0.15, -0.1) is 0 Å². The molecule has 1 N–H and O–H groups in total. The van der Waals surface area contributed by atoms with Crippen LogP contribution in [0.4, 0.5) is 0 Å². The number of hydrogen-bond acceptors (Lipinski definition) is 4. The Balaban J connectivity index is 2.48. The standard InChI is InChI=1S/C12H10BrN3O2/c1-17-9-4-3-7(5-10(9)18-2)12-15-8(6-14)11(13)16-12/h3-5H,1-2H3,(H,15,16). The van der Waals surface area contributed by atoms with Gasteiger partial charge in [-0.25, -0.2) is 4.98 Å². The van der Waals surface area contributed by atoms with Crippen LogP contribution in [0.3, 0.4) is 0 Å². The molecule has 0 saturated carbocycles. The zero-order valence-corrected chi connectivity index (χ0v) is 11.4. The molecule has 92 valence electrons. The minimum atomic E-state index is 0.319. The van der Waals surface area contributed by atoms with Gasteiger partial charge >= 0.3 is 0 Å². The van der Waals surface area contributed by atoms with Crippen LogP contribution in [-0.4, -0.2) is 24.2 Å². The summed E-state index contributed by atoms with van der Waals surface area (Å²) < 4.78 is 10.9. The summed E-state index contributed by atoms with van der Waals surface area (Å²) in [6.07, 6.45) is 0. The number of rotatable bonds is 3. The quantitative estimate of drug-likeness (QED) is 0.946. The van der Waals surface area contributed by atoms with E-state index in [9.17, 15) is 0 Å². The van der Waals surface area contributed by atoms with Crippen molar-refractivity contribution in [2.75, 3.05) is 14.2 Å². The van der Waals surface area contributed by atoms with Crippen LogP contribution in [0.1, 0.15) is 5.69 Å². The van der Waals surface area contributed by atoms with Crippen LogP contribution in [-0.2, 0) is 0 Å². The number of benzene rings is 1. The van der Waals surface area contributed by atoms with Crippen LogP contribution in [0.5, 0.6) is 11.5 Å². The minimum absolute atomic E-state index is 0.319. The number of nitriles is 1. The van der Waals surface area contributed by atoms with Crippen molar-refractivity contribution in [2.45, 2.75) is 0 Å². The van der Waals surface area contributed by atoms with Crippen molar-refractivity contribution in [3.63, 3.8) is 0 Å². The first-order valence-corrected chi connectivity index (χ1v) is 5.87. The Labute approximate surface area is 112 Å². The molecular weight excluding hydrogens is 298 g/mol. The number of nitrogens with one attached hydrogen (secondary N) is 1. The highest BCUT2D eigenvalue weighted by Crippen LogP contribution is 2.31. The van der Waals surface area contributed by atoms with Gasteiger partial charge in [0.2, 0.25) is 0 Å². The van der Waals surface area contributed by atoms with Gasteiger partial charge in [0.1, 0.15) is 16.5 Å². The van der Waals surface area contributed by atoms with Crippen molar-refractivity contribution >= 4 is 15.9 Å². The smallest absolute Gasteiger partial charge is 0.173 e. The summed E-state index contributed by atoms with van der Waals surface area (Å²) in [6, 6.07) is 7.42. The van der Waals surface area contributed by atoms with Crippen molar-refractivity contribution in [1.29, 1.82) is 5.26 Å². The van der Waals surface area contributed by atoms with E-state index in [1.54, 1.807) is 26.4 Å². The van der Waals surface area contributed by atoms with E-state index in [4.69, 9.17) is 14.7 Å². The summed E-state index contributed by atoms with van der Waals surface area (Å²) in [6.45, 7) is 0. The fourth-order valence-electron chi connectivity index (χ4n) is 1.55. The predicted octanol–water partition coefficient (Wildman–Crippen LogP) is 2.73. The van der Waals surface area contributed by atoms with E-state index >= 15 is 0 Å². The number of methoxy groups -OCH3 is 2. The van der Waals surface area contributed by atoms with Crippen molar-refractivity contribution < 1.29 is 9.47 Å². The van der Waals surface area contributed by atoms with Crippen LogP contribution in [0.15, 0.2) is 22.8 Å². The largest absolute Gasteiger partial charge is 0.493 e. The molecule has 0 amide bonds.